The number of hydrogen-bond donors (Lipinski definition) is 1. The quantitative estimate of drug-likeness (QED) is 0.461. The van der Waals surface area contributed by atoms with Gasteiger partial charge in [-0.2, -0.15) is 0 Å². The first-order valence-electron chi connectivity index (χ1n) is 2.56. The summed E-state index contributed by atoms with van der Waals surface area (Å²) in [5, 5.41) is 0. The molecule has 59 valence electrons. The summed E-state index contributed by atoms with van der Waals surface area (Å²) in [6, 6.07) is 0. The Bertz CT molecular complexity index is 87.0. The van der Waals surface area contributed by atoms with E-state index in [1.54, 1.807) is 0 Å². The Labute approximate surface area is 82.5 Å². The van der Waals surface area contributed by atoms with E-state index in [-0.39, 0.29) is 28.5 Å². The molecule has 0 aliphatic rings. The second-order valence-electron chi connectivity index (χ2n) is 1.60. The zero-order valence-corrected chi connectivity index (χ0v) is 8.54. The standard InChI is InChI=1S/C5H10OS2.Ag/c1-3-4(2)6-5(7)8;/h4H,3H2,1-2H3,(H,7,8);. The average molecular weight is 258 g/mol. The number of thiol groups is 1. The van der Waals surface area contributed by atoms with Gasteiger partial charge in [0.2, 0.25) is 4.38 Å². The van der Waals surface area contributed by atoms with Crippen molar-refractivity contribution in [3.63, 3.8) is 0 Å². The van der Waals surface area contributed by atoms with E-state index in [9.17, 15) is 0 Å². The van der Waals surface area contributed by atoms with Crippen molar-refractivity contribution in [3.05, 3.63) is 0 Å². The molecular formula is C5H10AgOS2. The van der Waals surface area contributed by atoms with E-state index in [0.717, 1.165) is 6.42 Å². The molecule has 0 aliphatic heterocycles. The number of rotatable bonds is 2. The van der Waals surface area contributed by atoms with Gasteiger partial charge in [-0.3, -0.25) is 0 Å². The number of ether oxygens (including phenoxy) is 1. The van der Waals surface area contributed by atoms with Gasteiger partial charge >= 0.3 is 0 Å². The van der Waals surface area contributed by atoms with Crippen molar-refractivity contribution in [2.45, 2.75) is 26.4 Å². The number of hydrogen-bond acceptors (Lipinski definition) is 2. The van der Waals surface area contributed by atoms with Crippen LogP contribution in [0.15, 0.2) is 0 Å². The molecule has 1 atom stereocenters. The van der Waals surface area contributed by atoms with Crippen LogP contribution in [-0.4, -0.2) is 10.5 Å². The van der Waals surface area contributed by atoms with Gasteiger partial charge in [-0.1, -0.05) is 19.6 Å². The van der Waals surface area contributed by atoms with Crippen molar-refractivity contribution in [3.8, 4) is 0 Å². The first-order valence-corrected chi connectivity index (χ1v) is 3.42. The van der Waals surface area contributed by atoms with Crippen LogP contribution >= 0.6 is 24.8 Å². The van der Waals surface area contributed by atoms with Gasteiger partial charge in [0, 0.05) is 22.4 Å². The Morgan fingerprint density at radius 3 is 2.33 bits per heavy atom. The average Bonchev–Trinajstić information content (AvgIpc) is 1.65. The van der Waals surface area contributed by atoms with Gasteiger partial charge in [0.25, 0.3) is 0 Å². The fraction of sp³-hybridized carbons (Fsp3) is 0.800. The molecule has 0 aromatic heterocycles. The van der Waals surface area contributed by atoms with Crippen molar-refractivity contribution in [1.82, 2.24) is 0 Å². The summed E-state index contributed by atoms with van der Waals surface area (Å²) in [4.78, 5) is 0. The summed E-state index contributed by atoms with van der Waals surface area (Å²) in [6.07, 6.45) is 1.18. The largest absolute Gasteiger partial charge is 0.476 e. The normalized spacial score (nSPS) is 11.4. The maximum atomic E-state index is 4.99. The summed E-state index contributed by atoms with van der Waals surface area (Å²) >= 11 is 8.38. The molecule has 0 fully saturated rings. The fourth-order valence-corrected chi connectivity index (χ4v) is 0.600. The molecule has 0 rings (SSSR count). The maximum absolute atomic E-state index is 4.99. The molecule has 1 nitrogen and oxygen atoms in total. The Kier molecular flexibility index (Phi) is 9.96. The molecule has 0 bridgehead atoms. The van der Waals surface area contributed by atoms with Gasteiger partial charge in [0.05, 0.1) is 6.10 Å². The molecule has 0 aromatic carbocycles. The van der Waals surface area contributed by atoms with Gasteiger partial charge in [-0.25, -0.2) is 0 Å². The third-order valence-corrected chi connectivity index (χ3v) is 1.08. The minimum atomic E-state index is 0. The first kappa shape index (κ1) is 12.6. The van der Waals surface area contributed by atoms with Crippen LogP contribution in [0.1, 0.15) is 20.3 Å². The zero-order chi connectivity index (χ0) is 6.57. The monoisotopic (exact) mass is 257 g/mol. The second kappa shape index (κ2) is 7.09. The summed E-state index contributed by atoms with van der Waals surface area (Å²) in [6.45, 7) is 4.00. The SMILES string of the molecule is CCC(C)OC(=S)S.[Ag]. The molecule has 0 aliphatic carbocycles. The summed E-state index contributed by atoms with van der Waals surface area (Å²) in [5.41, 5.74) is 0. The van der Waals surface area contributed by atoms with Crippen LogP contribution in [0.4, 0.5) is 0 Å². The molecule has 1 radical (unpaired) electrons. The van der Waals surface area contributed by atoms with Crippen molar-refractivity contribution >= 4 is 29.2 Å². The fourth-order valence-electron chi connectivity index (χ4n) is 0.255. The van der Waals surface area contributed by atoms with Crippen LogP contribution in [-0.2, 0) is 27.1 Å². The third kappa shape index (κ3) is 8.98. The van der Waals surface area contributed by atoms with E-state index in [1.807, 2.05) is 13.8 Å². The predicted octanol–water partition coefficient (Wildman–Crippen LogP) is 2.01. The minimum Gasteiger partial charge on any atom is -0.476 e. The van der Waals surface area contributed by atoms with Crippen molar-refractivity contribution < 1.29 is 27.1 Å². The molecule has 0 amide bonds. The molecule has 9 heavy (non-hydrogen) atoms. The molecule has 4 heteroatoms. The van der Waals surface area contributed by atoms with Crippen LogP contribution in [0.2, 0.25) is 0 Å². The van der Waals surface area contributed by atoms with Crippen molar-refractivity contribution in [2.75, 3.05) is 0 Å². The molecule has 0 spiro atoms. The second-order valence-corrected chi connectivity index (χ2v) is 2.68. The van der Waals surface area contributed by atoms with E-state index in [4.69, 9.17) is 4.74 Å². The van der Waals surface area contributed by atoms with Gasteiger partial charge in [0.1, 0.15) is 0 Å². The molecule has 0 N–H and O–H groups in total. The third-order valence-electron chi connectivity index (χ3n) is 0.877. The van der Waals surface area contributed by atoms with E-state index in [1.165, 1.54) is 0 Å². The maximum Gasteiger partial charge on any atom is 0.217 e. The summed E-state index contributed by atoms with van der Waals surface area (Å²) in [7, 11) is 0. The van der Waals surface area contributed by atoms with E-state index < -0.39 is 0 Å². The zero-order valence-electron chi connectivity index (χ0n) is 5.35. The Morgan fingerprint density at radius 2 is 2.22 bits per heavy atom. The van der Waals surface area contributed by atoms with Crippen molar-refractivity contribution in [2.24, 2.45) is 0 Å². The van der Waals surface area contributed by atoms with Crippen molar-refractivity contribution in [1.29, 1.82) is 0 Å². The Balaban J connectivity index is 0. The van der Waals surface area contributed by atoms with Crippen LogP contribution in [0.3, 0.4) is 0 Å². The Morgan fingerprint density at radius 1 is 1.78 bits per heavy atom. The molecule has 0 saturated carbocycles. The summed E-state index contributed by atoms with van der Waals surface area (Å²) in [5.74, 6) is 0. The van der Waals surface area contributed by atoms with Gasteiger partial charge in [-0.05, 0) is 25.6 Å². The molecule has 1 unspecified atom stereocenters. The van der Waals surface area contributed by atoms with E-state index in [2.05, 4.69) is 24.8 Å². The molecule has 0 heterocycles. The topological polar surface area (TPSA) is 9.23 Å². The van der Waals surface area contributed by atoms with Crippen LogP contribution in [0.5, 0.6) is 0 Å². The van der Waals surface area contributed by atoms with Crippen LogP contribution in [0, 0.1) is 0 Å². The minimum absolute atomic E-state index is 0. The predicted molar refractivity (Wildman–Crippen MR) is 42.4 cm³/mol. The van der Waals surface area contributed by atoms with E-state index in [0.29, 0.717) is 4.38 Å². The first-order chi connectivity index (χ1) is 3.66. The molecular weight excluding hydrogens is 248 g/mol. The molecule has 0 aromatic rings. The van der Waals surface area contributed by atoms with Crippen LogP contribution in [0.25, 0.3) is 0 Å². The number of thiocarbonyl (C=S) groups is 1. The van der Waals surface area contributed by atoms with Gasteiger partial charge in [0.15, 0.2) is 0 Å². The smallest absolute Gasteiger partial charge is 0.217 e. The molecule has 0 saturated heterocycles. The summed E-state index contributed by atoms with van der Waals surface area (Å²) < 4.78 is 5.33. The van der Waals surface area contributed by atoms with Gasteiger partial charge in [-0.15, -0.1) is 0 Å². The van der Waals surface area contributed by atoms with Crippen LogP contribution < -0.4 is 0 Å². The van der Waals surface area contributed by atoms with E-state index >= 15 is 0 Å². The Hall–Kier alpha value is 0.980. The van der Waals surface area contributed by atoms with Gasteiger partial charge < -0.3 is 4.74 Å².